The lowest BCUT2D eigenvalue weighted by Gasteiger charge is -2.25. The third-order valence-corrected chi connectivity index (χ3v) is 8.34. The van der Waals surface area contributed by atoms with Crippen molar-refractivity contribution < 1.29 is 0 Å². The Morgan fingerprint density at radius 3 is 1.67 bits per heavy atom. The molecule has 0 fully saturated rings. The van der Waals surface area contributed by atoms with E-state index in [1.807, 2.05) is 30.6 Å². The van der Waals surface area contributed by atoms with Crippen LogP contribution in [-0.2, 0) is 0 Å². The summed E-state index contributed by atoms with van der Waals surface area (Å²) in [6.07, 6.45) is 3.76. The molecule has 0 radical (unpaired) electrons. The standard InChI is InChI=1S/C31H30N4Si/c1-36(2,3)28-18-19-30(32)29(20-28)31-33-21-24(22-34-31)23-14-16-27(17-15-23)35(25-10-6-4-7-11-25)26-12-8-5-9-13-26/h4-22H,32H2,1-3H3. The van der Waals surface area contributed by atoms with E-state index in [1.165, 1.54) is 5.19 Å². The Kier molecular flexibility index (Phi) is 6.40. The molecule has 0 bridgehead atoms. The molecular weight excluding hydrogens is 456 g/mol. The molecule has 4 aromatic carbocycles. The Morgan fingerprint density at radius 1 is 0.611 bits per heavy atom. The number of anilines is 4. The van der Waals surface area contributed by atoms with Crippen molar-refractivity contribution in [3.63, 3.8) is 0 Å². The van der Waals surface area contributed by atoms with E-state index in [0.717, 1.165) is 33.8 Å². The molecule has 4 nitrogen and oxygen atoms in total. The third kappa shape index (κ3) is 4.92. The van der Waals surface area contributed by atoms with E-state index in [4.69, 9.17) is 5.73 Å². The molecule has 0 amide bonds. The van der Waals surface area contributed by atoms with Gasteiger partial charge in [-0.05, 0) is 54.1 Å². The van der Waals surface area contributed by atoms with Crippen LogP contribution in [0.2, 0.25) is 19.6 Å². The second-order valence-corrected chi connectivity index (χ2v) is 15.0. The van der Waals surface area contributed by atoms with E-state index < -0.39 is 8.07 Å². The molecule has 0 saturated heterocycles. The molecule has 0 saturated carbocycles. The van der Waals surface area contributed by atoms with Gasteiger partial charge in [-0.1, -0.05) is 79.4 Å². The summed E-state index contributed by atoms with van der Waals surface area (Å²) in [6.45, 7) is 6.98. The zero-order chi connectivity index (χ0) is 25.1. The first-order chi connectivity index (χ1) is 17.4. The van der Waals surface area contributed by atoms with Gasteiger partial charge in [0.05, 0.1) is 8.07 Å². The van der Waals surface area contributed by atoms with Crippen LogP contribution in [-0.4, -0.2) is 18.0 Å². The van der Waals surface area contributed by atoms with E-state index in [2.05, 4.69) is 119 Å². The first-order valence-electron chi connectivity index (χ1n) is 12.1. The minimum atomic E-state index is -1.46. The summed E-state index contributed by atoms with van der Waals surface area (Å²) in [5.41, 5.74) is 13.2. The quantitative estimate of drug-likeness (QED) is 0.201. The summed E-state index contributed by atoms with van der Waals surface area (Å²) in [5, 5.41) is 1.34. The molecule has 0 aliphatic heterocycles. The molecule has 178 valence electrons. The number of para-hydroxylation sites is 2. The Balaban J connectivity index is 1.44. The van der Waals surface area contributed by atoms with E-state index >= 15 is 0 Å². The highest BCUT2D eigenvalue weighted by Gasteiger charge is 2.19. The van der Waals surface area contributed by atoms with Gasteiger partial charge in [0.15, 0.2) is 5.82 Å². The van der Waals surface area contributed by atoms with Crippen molar-refractivity contribution in [2.75, 3.05) is 10.6 Å². The second-order valence-electron chi connectivity index (χ2n) is 9.90. The fourth-order valence-electron chi connectivity index (χ4n) is 4.24. The smallest absolute Gasteiger partial charge is 0.161 e. The molecule has 0 spiro atoms. The fourth-order valence-corrected chi connectivity index (χ4v) is 5.40. The molecule has 5 aromatic rings. The Labute approximate surface area is 214 Å². The van der Waals surface area contributed by atoms with Crippen LogP contribution in [0.5, 0.6) is 0 Å². The van der Waals surface area contributed by atoms with Crippen LogP contribution in [0.25, 0.3) is 22.5 Å². The molecule has 5 rings (SSSR count). The maximum Gasteiger partial charge on any atom is 0.161 e. The molecule has 0 aliphatic rings. The lowest BCUT2D eigenvalue weighted by molar-refractivity contribution is 1.18. The minimum absolute atomic E-state index is 0.660. The normalized spacial score (nSPS) is 11.3. The van der Waals surface area contributed by atoms with E-state index in [1.54, 1.807) is 0 Å². The molecule has 0 unspecified atom stereocenters. The SMILES string of the molecule is C[Si](C)(C)c1ccc(N)c(-c2ncc(-c3ccc(N(c4ccccc4)c4ccccc4)cc3)cn2)c1. The number of hydrogen-bond acceptors (Lipinski definition) is 4. The van der Waals surface area contributed by atoms with Crippen molar-refractivity contribution in [1.29, 1.82) is 0 Å². The van der Waals surface area contributed by atoms with Crippen molar-refractivity contribution >= 4 is 36.0 Å². The van der Waals surface area contributed by atoms with Gasteiger partial charge >= 0.3 is 0 Å². The molecule has 2 N–H and O–H groups in total. The zero-order valence-corrected chi connectivity index (χ0v) is 21.9. The molecule has 0 atom stereocenters. The van der Waals surface area contributed by atoms with Gasteiger partial charge in [-0.3, -0.25) is 0 Å². The summed E-state index contributed by atoms with van der Waals surface area (Å²) in [7, 11) is -1.46. The average Bonchev–Trinajstić information content (AvgIpc) is 2.90. The van der Waals surface area contributed by atoms with E-state index in [-0.39, 0.29) is 0 Å². The predicted molar refractivity (Wildman–Crippen MR) is 155 cm³/mol. The number of rotatable bonds is 6. The van der Waals surface area contributed by atoms with Crippen LogP contribution < -0.4 is 15.8 Å². The van der Waals surface area contributed by atoms with Gasteiger partial charge in [-0.25, -0.2) is 9.97 Å². The third-order valence-electron chi connectivity index (χ3n) is 6.30. The predicted octanol–water partition coefficient (Wildman–Crippen LogP) is 7.41. The van der Waals surface area contributed by atoms with Gasteiger partial charge in [0.1, 0.15) is 0 Å². The van der Waals surface area contributed by atoms with Crippen LogP contribution in [0.3, 0.4) is 0 Å². The Morgan fingerprint density at radius 2 is 1.14 bits per heavy atom. The van der Waals surface area contributed by atoms with Crippen LogP contribution in [0.4, 0.5) is 22.7 Å². The highest BCUT2D eigenvalue weighted by Crippen LogP contribution is 2.35. The molecule has 1 heterocycles. The molecule has 1 aromatic heterocycles. The molecule has 5 heteroatoms. The van der Waals surface area contributed by atoms with Gasteiger partial charge in [0.25, 0.3) is 0 Å². The zero-order valence-electron chi connectivity index (χ0n) is 20.9. The average molecular weight is 487 g/mol. The van der Waals surface area contributed by atoms with Crippen molar-refractivity contribution in [1.82, 2.24) is 9.97 Å². The van der Waals surface area contributed by atoms with Crippen LogP contribution in [0.15, 0.2) is 116 Å². The van der Waals surface area contributed by atoms with Crippen molar-refractivity contribution in [3.8, 4) is 22.5 Å². The lowest BCUT2D eigenvalue weighted by atomic mass is 10.1. The summed E-state index contributed by atoms with van der Waals surface area (Å²) < 4.78 is 0. The maximum atomic E-state index is 6.29. The van der Waals surface area contributed by atoms with Crippen molar-refractivity contribution in [3.05, 3.63) is 116 Å². The summed E-state index contributed by atoms with van der Waals surface area (Å²) >= 11 is 0. The van der Waals surface area contributed by atoms with Crippen LogP contribution in [0.1, 0.15) is 0 Å². The number of nitrogens with zero attached hydrogens (tertiary/aromatic N) is 3. The number of nitrogens with two attached hydrogens (primary N) is 1. The van der Waals surface area contributed by atoms with E-state index in [9.17, 15) is 0 Å². The van der Waals surface area contributed by atoms with Gasteiger partial charge in [0, 0.05) is 46.3 Å². The first-order valence-corrected chi connectivity index (χ1v) is 15.6. The maximum absolute atomic E-state index is 6.29. The Hall–Kier alpha value is -4.22. The number of hydrogen-bond donors (Lipinski definition) is 1. The van der Waals surface area contributed by atoms with Crippen LogP contribution >= 0.6 is 0 Å². The number of benzene rings is 4. The molecule has 0 aliphatic carbocycles. The van der Waals surface area contributed by atoms with Crippen molar-refractivity contribution in [2.45, 2.75) is 19.6 Å². The fraction of sp³-hybridized carbons (Fsp3) is 0.0968. The van der Waals surface area contributed by atoms with Crippen LogP contribution in [0, 0.1) is 0 Å². The highest BCUT2D eigenvalue weighted by molar-refractivity contribution is 6.88. The van der Waals surface area contributed by atoms with Gasteiger partial charge in [-0.15, -0.1) is 0 Å². The van der Waals surface area contributed by atoms with Gasteiger partial charge in [0.2, 0.25) is 0 Å². The minimum Gasteiger partial charge on any atom is -0.398 e. The lowest BCUT2D eigenvalue weighted by Crippen LogP contribution is -2.37. The van der Waals surface area contributed by atoms with Crippen molar-refractivity contribution in [2.24, 2.45) is 0 Å². The van der Waals surface area contributed by atoms with Gasteiger partial charge in [-0.2, -0.15) is 0 Å². The second kappa shape index (κ2) is 9.80. The highest BCUT2D eigenvalue weighted by atomic mass is 28.3. The van der Waals surface area contributed by atoms with E-state index in [0.29, 0.717) is 11.5 Å². The monoisotopic (exact) mass is 486 g/mol. The summed E-state index contributed by atoms with van der Waals surface area (Å²) in [5.74, 6) is 0.660. The molecular formula is C31H30N4Si. The Bertz CT molecular complexity index is 1400. The molecule has 36 heavy (non-hydrogen) atoms. The number of aromatic nitrogens is 2. The summed E-state index contributed by atoms with van der Waals surface area (Å²) in [6, 6.07) is 35.6. The topological polar surface area (TPSA) is 55.0 Å². The first kappa shape index (κ1) is 23.5. The largest absolute Gasteiger partial charge is 0.398 e. The summed E-state index contributed by atoms with van der Waals surface area (Å²) in [4.78, 5) is 11.6. The number of nitrogen functional groups attached to an aromatic ring is 1. The van der Waals surface area contributed by atoms with Gasteiger partial charge < -0.3 is 10.6 Å².